The van der Waals surface area contributed by atoms with Crippen LogP contribution in [0.15, 0.2) is 18.2 Å². The molecule has 1 aliphatic heterocycles. The number of hydrogen-bond acceptors (Lipinski definition) is 3. The number of nitrogen functional groups attached to an aromatic ring is 1. The van der Waals surface area contributed by atoms with Gasteiger partial charge in [-0.1, -0.05) is 12.1 Å². The average Bonchev–Trinajstić information content (AvgIpc) is 2.37. The number of benzene rings is 1. The van der Waals surface area contributed by atoms with Crippen LogP contribution in [0.1, 0.15) is 10.4 Å². The van der Waals surface area contributed by atoms with Gasteiger partial charge in [0.25, 0.3) is 5.91 Å². The molecule has 104 valence electrons. The van der Waals surface area contributed by atoms with Crippen molar-refractivity contribution in [1.29, 1.82) is 0 Å². The zero-order valence-corrected chi connectivity index (χ0v) is 14.2. The van der Waals surface area contributed by atoms with Gasteiger partial charge in [0.2, 0.25) is 0 Å². The van der Waals surface area contributed by atoms with Gasteiger partial charge in [-0.2, -0.15) is 0 Å². The molecule has 0 bridgehead atoms. The summed E-state index contributed by atoms with van der Waals surface area (Å²) in [5.74, 6) is -0.447. The Morgan fingerprint density at radius 2 is 1.80 bits per heavy atom. The first kappa shape index (κ1) is 18.0. The molecule has 0 spiro atoms. The van der Waals surface area contributed by atoms with Crippen LogP contribution in [0.4, 0.5) is 18.6 Å². The minimum atomic E-state index is -5.17. The van der Waals surface area contributed by atoms with E-state index in [0.29, 0.717) is 26.3 Å². The minimum Gasteiger partial charge on any atom is -0.445 e. The van der Waals surface area contributed by atoms with Crippen molar-refractivity contribution >= 4 is 24.0 Å². The summed E-state index contributed by atoms with van der Waals surface area (Å²) >= 11 is 0. The molecular formula is C11H13BF3KN2O2. The van der Waals surface area contributed by atoms with E-state index in [2.05, 4.69) is 0 Å². The van der Waals surface area contributed by atoms with Gasteiger partial charge in [-0.15, -0.1) is 5.46 Å². The van der Waals surface area contributed by atoms with Crippen LogP contribution in [-0.4, -0.2) is 44.1 Å². The summed E-state index contributed by atoms with van der Waals surface area (Å²) in [5.41, 5.74) is 4.49. The van der Waals surface area contributed by atoms with E-state index in [9.17, 15) is 17.7 Å². The van der Waals surface area contributed by atoms with E-state index in [-0.39, 0.29) is 62.6 Å². The van der Waals surface area contributed by atoms with E-state index < -0.39 is 18.3 Å². The summed E-state index contributed by atoms with van der Waals surface area (Å²) in [7, 11) is 0. The molecule has 1 amide bonds. The molecule has 0 atom stereocenters. The van der Waals surface area contributed by atoms with Crippen LogP contribution in [0, 0.1) is 0 Å². The zero-order valence-electron chi connectivity index (χ0n) is 11.1. The first-order chi connectivity index (χ1) is 8.88. The Hall–Kier alpha value is -0.0587. The third-order valence-corrected chi connectivity index (χ3v) is 2.90. The van der Waals surface area contributed by atoms with Crippen LogP contribution in [0.5, 0.6) is 0 Å². The fraction of sp³-hybridized carbons (Fsp3) is 0.364. The maximum absolute atomic E-state index is 12.7. The second-order valence-electron chi connectivity index (χ2n) is 4.37. The van der Waals surface area contributed by atoms with Crippen molar-refractivity contribution in [2.45, 2.75) is 0 Å². The number of nitrogens with zero attached hydrogens (tertiary/aromatic N) is 1. The standard InChI is InChI=1S/C11H13BF3N2O2.K/c13-12(14,15)9-5-8(6-10(16)7-9)11(18)17-1-3-19-4-2-17;/h5-7H,1-4,16H2;/q-1;+1. The van der Waals surface area contributed by atoms with Crippen molar-refractivity contribution in [1.82, 2.24) is 4.90 Å². The van der Waals surface area contributed by atoms with Gasteiger partial charge in [0.1, 0.15) is 0 Å². The van der Waals surface area contributed by atoms with Crippen molar-refractivity contribution in [3.05, 3.63) is 23.8 Å². The minimum absolute atomic E-state index is 0. The summed E-state index contributed by atoms with van der Waals surface area (Å²) in [6.07, 6.45) is 0. The van der Waals surface area contributed by atoms with Crippen LogP contribution < -0.4 is 62.6 Å². The molecule has 1 aromatic carbocycles. The number of nitrogens with two attached hydrogens (primary N) is 1. The Kier molecular flexibility index (Phi) is 6.55. The van der Waals surface area contributed by atoms with Gasteiger partial charge in [0.15, 0.2) is 0 Å². The Morgan fingerprint density at radius 3 is 2.35 bits per heavy atom. The smallest absolute Gasteiger partial charge is 0.445 e. The number of rotatable bonds is 2. The average molecular weight is 312 g/mol. The van der Waals surface area contributed by atoms with Gasteiger partial charge < -0.3 is 28.3 Å². The molecule has 1 aromatic rings. The first-order valence-electron chi connectivity index (χ1n) is 5.85. The number of morpholine rings is 1. The summed E-state index contributed by atoms with van der Waals surface area (Å²) in [4.78, 5) is 13.5. The van der Waals surface area contributed by atoms with Gasteiger partial charge in [0.05, 0.1) is 13.2 Å². The molecule has 2 rings (SSSR count). The van der Waals surface area contributed by atoms with E-state index >= 15 is 0 Å². The second-order valence-corrected chi connectivity index (χ2v) is 4.37. The Bertz CT molecular complexity index is 493. The predicted octanol–water partition coefficient (Wildman–Crippen LogP) is -2.20. The van der Waals surface area contributed by atoms with Crippen molar-refractivity contribution in [2.24, 2.45) is 0 Å². The van der Waals surface area contributed by atoms with Crippen LogP contribution >= 0.6 is 0 Å². The third-order valence-electron chi connectivity index (χ3n) is 2.90. The van der Waals surface area contributed by atoms with Crippen molar-refractivity contribution < 1.29 is 73.9 Å². The number of carbonyl (C=O) groups excluding carboxylic acids is 1. The molecule has 2 N–H and O–H groups in total. The van der Waals surface area contributed by atoms with Crippen LogP contribution in [-0.2, 0) is 4.74 Å². The van der Waals surface area contributed by atoms with Gasteiger partial charge in [-0.05, 0) is 6.07 Å². The van der Waals surface area contributed by atoms with Gasteiger partial charge in [-0.25, -0.2) is 0 Å². The monoisotopic (exact) mass is 312 g/mol. The van der Waals surface area contributed by atoms with E-state index in [1.165, 1.54) is 11.0 Å². The van der Waals surface area contributed by atoms with E-state index in [4.69, 9.17) is 10.5 Å². The molecule has 0 aromatic heterocycles. The van der Waals surface area contributed by atoms with Crippen LogP contribution in [0.3, 0.4) is 0 Å². The molecule has 0 radical (unpaired) electrons. The van der Waals surface area contributed by atoms with Gasteiger partial charge in [-0.3, -0.25) is 4.79 Å². The number of anilines is 1. The van der Waals surface area contributed by atoms with E-state index in [1.807, 2.05) is 0 Å². The first-order valence-corrected chi connectivity index (χ1v) is 5.85. The fourth-order valence-electron chi connectivity index (χ4n) is 1.94. The fourth-order valence-corrected chi connectivity index (χ4v) is 1.94. The van der Waals surface area contributed by atoms with Gasteiger partial charge in [0, 0.05) is 24.3 Å². The summed E-state index contributed by atoms with van der Waals surface area (Å²) in [6, 6.07) is 2.97. The normalized spacial score (nSPS) is 15.7. The van der Waals surface area contributed by atoms with Crippen molar-refractivity contribution in [3.8, 4) is 0 Å². The quantitative estimate of drug-likeness (QED) is 0.498. The molecule has 1 aliphatic rings. The maximum Gasteiger partial charge on any atom is 1.00 e. The number of ether oxygens (including phenoxy) is 1. The van der Waals surface area contributed by atoms with Crippen molar-refractivity contribution in [3.63, 3.8) is 0 Å². The summed E-state index contributed by atoms with van der Waals surface area (Å²) < 4.78 is 43.2. The molecule has 1 heterocycles. The van der Waals surface area contributed by atoms with Crippen LogP contribution in [0.2, 0.25) is 0 Å². The van der Waals surface area contributed by atoms with Crippen LogP contribution in [0.25, 0.3) is 0 Å². The van der Waals surface area contributed by atoms with E-state index in [0.717, 1.165) is 12.1 Å². The van der Waals surface area contributed by atoms with Gasteiger partial charge >= 0.3 is 58.4 Å². The largest absolute Gasteiger partial charge is 1.00 e. The molecule has 0 aliphatic carbocycles. The zero-order chi connectivity index (χ0) is 14.0. The topological polar surface area (TPSA) is 55.6 Å². The van der Waals surface area contributed by atoms with E-state index in [1.54, 1.807) is 0 Å². The Labute approximate surface area is 157 Å². The number of hydrogen-bond donors (Lipinski definition) is 1. The number of carbonyl (C=O) groups is 1. The summed E-state index contributed by atoms with van der Waals surface area (Å²) in [6.45, 7) is -3.63. The molecule has 4 nitrogen and oxygen atoms in total. The number of halogens is 3. The molecule has 0 saturated carbocycles. The predicted molar refractivity (Wildman–Crippen MR) is 66.3 cm³/mol. The molecule has 1 fully saturated rings. The molecule has 1 saturated heterocycles. The third kappa shape index (κ3) is 4.47. The summed E-state index contributed by atoms with van der Waals surface area (Å²) in [5, 5.41) is 0. The molecular weight excluding hydrogens is 299 g/mol. The molecule has 0 unspecified atom stereocenters. The number of amides is 1. The Morgan fingerprint density at radius 1 is 1.20 bits per heavy atom. The molecule has 9 heteroatoms. The second kappa shape index (κ2) is 7.28. The SMILES string of the molecule is Nc1cc(C(=O)N2CCOCC2)cc([B-](F)(F)F)c1.[K+]. The Balaban J connectivity index is 0.00000200. The molecule has 20 heavy (non-hydrogen) atoms. The van der Waals surface area contributed by atoms with Crippen molar-refractivity contribution in [2.75, 3.05) is 32.0 Å². The maximum atomic E-state index is 12.7.